The van der Waals surface area contributed by atoms with E-state index in [0.29, 0.717) is 33.3 Å². The number of hydrogen-bond acceptors (Lipinski definition) is 4. The Labute approximate surface area is 124 Å². The fourth-order valence-corrected chi connectivity index (χ4v) is 2.63. The molecule has 0 saturated carbocycles. The highest BCUT2D eigenvalue weighted by atomic mass is 16.5. The van der Waals surface area contributed by atoms with Crippen molar-refractivity contribution in [1.82, 2.24) is 9.55 Å². The molecule has 4 N–H and O–H groups in total. The normalized spacial score (nSPS) is 11.0. The number of hydrogen-bond donors (Lipinski definition) is 3. The van der Waals surface area contributed by atoms with Crippen LogP contribution in [0.5, 0.6) is 11.5 Å². The minimum atomic E-state index is -1.10. The maximum Gasteiger partial charge on any atom is 0.352 e. The Morgan fingerprint density at radius 3 is 2.45 bits per heavy atom. The number of aromatic nitrogens is 2. The number of carbonyl (C=O) groups excluding carboxylic acids is 1. The third-order valence-electron chi connectivity index (χ3n) is 3.52. The second kappa shape index (κ2) is 4.69. The molecule has 0 aliphatic heterocycles. The quantitative estimate of drug-likeness (QED) is 0.681. The molecule has 0 fully saturated rings. The Kier molecular flexibility index (Phi) is 2.94. The van der Waals surface area contributed by atoms with Gasteiger partial charge in [0.05, 0.1) is 19.7 Å². The second-order valence-electron chi connectivity index (χ2n) is 4.63. The molecule has 0 spiro atoms. The fraction of sp³-hybridized carbons (Fsp3) is 0.143. The van der Waals surface area contributed by atoms with E-state index in [2.05, 4.69) is 4.98 Å². The van der Waals surface area contributed by atoms with E-state index < -0.39 is 12.0 Å². The highest BCUT2D eigenvalue weighted by Crippen LogP contribution is 2.43. The summed E-state index contributed by atoms with van der Waals surface area (Å²) in [5, 5.41) is 10.4. The molecule has 3 rings (SSSR count). The zero-order valence-electron chi connectivity index (χ0n) is 11.8. The number of carboxylic acid groups (broad SMARTS) is 1. The van der Waals surface area contributed by atoms with E-state index in [-0.39, 0.29) is 5.69 Å². The van der Waals surface area contributed by atoms with E-state index >= 15 is 0 Å². The van der Waals surface area contributed by atoms with Crippen LogP contribution in [0.15, 0.2) is 18.3 Å². The first-order valence-corrected chi connectivity index (χ1v) is 6.30. The number of aromatic amines is 1. The third kappa shape index (κ3) is 1.70. The molecule has 0 atom stereocenters. The largest absolute Gasteiger partial charge is 0.491 e. The second-order valence-corrected chi connectivity index (χ2v) is 4.63. The van der Waals surface area contributed by atoms with E-state index in [1.807, 2.05) is 0 Å². The Morgan fingerprint density at radius 1 is 1.23 bits per heavy atom. The third-order valence-corrected chi connectivity index (χ3v) is 3.52. The van der Waals surface area contributed by atoms with Crippen molar-refractivity contribution in [2.45, 2.75) is 0 Å². The minimum absolute atomic E-state index is 0.00896. The number of rotatable bonds is 3. The zero-order valence-corrected chi connectivity index (χ0v) is 11.8. The summed E-state index contributed by atoms with van der Waals surface area (Å²) in [6, 6.07) is 2.47. The first kappa shape index (κ1) is 13.8. The number of carboxylic acids is 1. The topological polar surface area (TPSA) is 120 Å². The van der Waals surface area contributed by atoms with Gasteiger partial charge in [0.2, 0.25) is 0 Å². The summed E-state index contributed by atoms with van der Waals surface area (Å²) in [4.78, 5) is 25.6. The van der Waals surface area contributed by atoms with Gasteiger partial charge in [-0.3, -0.25) is 4.57 Å². The Bertz CT molecular complexity index is 922. The number of nitrogens with two attached hydrogens (primary N) is 1. The average molecular weight is 303 g/mol. The van der Waals surface area contributed by atoms with Crippen LogP contribution in [0.1, 0.15) is 10.5 Å². The highest BCUT2D eigenvalue weighted by molar-refractivity contribution is 6.15. The molecular formula is C14H13N3O5. The molecule has 0 saturated heterocycles. The van der Waals surface area contributed by atoms with Crippen molar-refractivity contribution in [3.8, 4) is 11.5 Å². The van der Waals surface area contributed by atoms with E-state index in [4.69, 9.17) is 20.3 Å². The summed E-state index contributed by atoms with van der Waals surface area (Å²) < 4.78 is 11.9. The van der Waals surface area contributed by atoms with Crippen molar-refractivity contribution in [2.75, 3.05) is 14.2 Å². The lowest BCUT2D eigenvalue weighted by molar-refractivity contribution is 0.0691. The van der Waals surface area contributed by atoms with E-state index in [0.717, 1.165) is 0 Å². The molecule has 2 heterocycles. The number of nitrogens with one attached hydrogen (secondary N) is 1. The Balaban J connectivity index is 2.56. The van der Waals surface area contributed by atoms with Crippen LogP contribution in [0.25, 0.3) is 21.8 Å². The molecule has 1 aromatic carbocycles. The monoisotopic (exact) mass is 303 g/mol. The number of benzene rings is 1. The van der Waals surface area contributed by atoms with Crippen molar-refractivity contribution in [1.29, 1.82) is 0 Å². The van der Waals surface area contributed by atoms with Gasteiger partial charge in [-0.15, -0.1) is 0 Å². The van der Waals surface area contributed by atoms with Crippen molar-refractivity contribution < 1.29 is 24.2 Å². The van der Waals surface area contributed by atoms with Crippen LogP contribution in [0.2, 0.25) is 0 Å². The van der Waals surface area contributed by atoms with Crippen LogP contribution >= 0.6 is 0 Å². The summed E-state index contributed by atoms with van der Waals surface area (Å²) in [7, 11) is 2.87. The lowest BCUT2D eigenvalue weighted by atomic mass is 10.1. The van der Waals surface area contributed by atoms with E-state index in [9.17, 15) is 9.59 Å². The number of primary amides is 1. The van der Waals surface area contributed by atoms with Gasteiger partial charge in [-0.1, -0.05) is 0 Å². The Morgan fingerprint density at radius 2 is 1.91 bits per heavy atom. The number of ether oxygens (including phenoxy) is 2. The number of nitrogens with zero attached hydrogens (tertiary/aromatic N) is 1. The minimum Gasteiger partial charge on any atom is -0.491 e. The van der Waals surface area contributed by atoms with Gasteiger partial charge in [-0.25, -0.2) is 9.59 Å². The smallest absolute Gasteiger partial charge is 0.352 e. The molecule has 3 aromatic rings. The molecule has 0 radical (unpaired) electrons. The lowest BCUT2D eigenvalue weighted by Gasteiger charge is -2.12. The lowest BCUT2D eigenvalue weighted by Crippen LogP contribution is -2.18. The van der Waals surface area contributed by atoms with Crippen LogP contribution in [0.3, 0.4) is 0 Å². The summed E-state index contributed by atoms with van der Waals surface area (Å²) >= 11 is 0. The summed E-state index contributed by atoms with van der Waals surface area (Å²) in [6.07, 6.45) is 1.50. The molecule has 0 bridgehead atoms. The SMILES string of the molecule is COc1c(OC)c2c(ccn2C(N)=O)c2cc(C(=O)O)[nH]c12. The van der Waals surface area contributed by atoms with E-state index in [1.165, 1.54) is 31.0 Å². The van der Waals surface area contributed by atoms with Crippen molar-refractivity contribution in [3.05, 3.63) is 24.0 Å². The maximum atomic E-state index is 11.6. The first-order chi connectivity index (χ1) is 10.5. The van der Waals surface area contributed by atoms with Crippen LogP contribution in [-0.2, 0) is 0 Å². The highest BCUT2D eigenvalue weighted by Gasteiger charge is 2.23. The standard InChI is InChI=1S/C14H13N3O5/c1-21-11-9-7(5-8(16-9)13(18)19)6-3-4-17(14(15)20)10(6)12(11)22-2/h3-5,16H,1-2H3,(H2,15,20)(H,18,19). The van der Waals surface area contributed by atoms with Gasteiger partial charge >= 0.3 is 12.0 Å². The van der Waals surface area contributed by atoms with Gasteiger partial charge in [0, 0.05) is 17.0 Å². The van der Waals surface area contributed by atoms with Gasteiger partial charge in [0.1, 0.15) is 11.2 Å². The molecule has 0 aliphatic carbocycles. The van der Waals surface area contributed by atoms with Crippen molar-refractivity contribution in [2.24, 2.45) is 5.73 Å². The molecular weight excluding hydrogens is 290 g/mol. The number of methoxy groups -OCH3 is 2. The van der Waals surface area contributed by atoms with Gasteiger partial charge < -0.3 is 25.3 Å². The summed E-state index contributed by atoms with van der Waals surface area (Å²) in [6.45, 7) is 0. The number of H-pyrrole nitrogens is 1. The zero-order chi connectivity index (χ0) is 16.0. The molecule has 2 aromatic heterocycles. The van der Waals surface area contributed by atoms with Crippen molar-refractivity contribution in [3.63, 3.8) is 0 Å². The first-order valence-electron chi connectivity index (χ1n) is 6.30. The van der Waals surface area contributed by atoms with Gasteiger partial charge in [-0.05, 0) is 12.1 Å². The maximum absolute atomic E-state index is 11.6. The van der Waals surface area contributed by atoms with Crippen LogP contribution in [0.4, 0.5) is 4.79 Å². The van der Waals surface area contributed by atoms with Crippen molar-refractivity contribution >= 4 is 33.8 Å². The van der Waals surface area contributed by atoms with Gasteiger partial charge in [-0.2, -0.15) is 0 Å². The van der Waals surface area contributed by atoms with Gasteiger partial charge in [0.25, 0.3) is 0 Å². The molecule has 114 valence electrons. The molecule has 8 heteroatoms. The molecule has 0 aliphatic rings. The summed E-state index contributed by atoms with van der Waals surface area (Å²) in [5.74, 6) is -0.494. The number of aromatic carboxylic acids is 1. The number of amides is 1. The van der Waals surface area contributed by atoms with Crippen LogP contribution < -0.4 is 15.2 Å². The molecule has 22 heavy (non-hydrogen) atoms. The number of fused-ring (bicyclic) bond motifs is 3. The van der Waals surface area contributed by atoms with Crippen LogP contribution in [-0.4, -0.2) is 40.9 Å². The fourth-order valence-electron chi connectivity index (χ4n) is 2.63. The Hall–Kier alpha value is -3.16. The predicted molar refractivity (Wildman–Crippen MR) is 78.8 cm³/mol. The predicted octanol–water partition coefficient (Wildman–Crippen LogP) is 1.76. The van der Waals surface area contributed by atoms with E-state index in [1.54, 1.807) is 6.07 Å². The summed E-state index contributed by atoms with van der Waals surface area (Å²) in [5.41, 5.74) is 6.28. The van der Waals surface area contributed by atoms with Gasteiger partial charge in [0.15, 0.2) is 11.5 Å². The molecule has 0 unspecified atom stereocenters. The molecule has 8 nitrogen and oxygen atoms in total. The number of carbonyl (C=O) groups is 2. The molecule has 1 amide bonds. The average Bonchev–Trinajstić information content (AvgIpc) is 3.09. The van der Waals surface area contributed by atoms with Crippen LogP contribution in [0, 0.1) is 0 Å².